The van der Waals surface area contributed by atoms with E-state index in [-0.39, 0.29) is 0 Å². The van der Waals surface area contributed by atoms with Crippen LogP contribution in [0.25, 0.3) is 0 Å². The van der Waals surface area contributed by atoms with Crippen molar-refractivity contribution in [2.75, 3.05) is 12.0 Å². The van der Waals surface area contributed by atoms with Gasteiger partial charge in [0.05, 0.1) is 6.10 Å². The van der Waals surface area contributed by atoms with E-state index in [0.29, 0.717) is 22.9 Å². The molecule has 0 aromatic carbocycles. The van der Waals surface area contributed by atoms with Crippen LogP contribution in [0.2, 0.25) is 0 Å². The molecule has 0 amide bonds. The molecule has 0 spiro atoms. The molecule has 0 radical (unpaired) electrons. The van der Waals surface area contributed by atoms with Gasteiger partial charge in [-0.3, -0.25) is 0 Å². The number of nitrogens with zero attached hydrogens (tertiary/aromatic N) is 2. The predicted molar refractivity (Wildman–Crippen MR) is 63.2 cm³/mol. The van der Waals surface area contributed by atoms with Crippen molar-refractivity contribution < 1.29 is 10.2 Å². The predicted octanol–water partition coefficient (Wildman–Crippen LogP) is 0.913. The minimum atomic E-state index is -0.937. The third-order valence-electron chi connectivity index (χ3n) is 1.96. The summed E-state index contributed by atoms with van der Waals surface area (Å²) in [6, 6.07) is 0. The summed E-state index contributed by atoms with van der Waals surface area (Å²) in [7, 11) is 0. The Morgan fingerprint density at radius 1 is 1.40 bits per heavy atom. The molecule has 84 valence electrons. The van der Waals surface area contributed by atoms with E-state index in [1.807, 2.05) is 6.26 Å². The van der Waals surface area contributed by atoms with Crippen molar-refractivity contribution in [2.24, 2.45) is 0 Å². The molecule has 2 N–H and O–H groups in total. The van der Waals surface area contributed by atoms with Crippen molar-refractivity contribution in [2.45, 2.75) is 23.8 Å². The van der Waals surface area contributed by atoms with Gasteiger partial charge in [-0.05, 0) is 18.4 Å². The van der Waals surface area contributed by atoms with Crippen LogP contribution in [0.3, 0.4) is 0 Å². The van der Waals surface area contributed by atoms with Crippen LogP contribution in [0.15, 0.2) is 17.6 Å². The number of aliphatic hydroxyl groups is 2. The molecule has 1 rings (SSSR count). The first-order valence-corrected chi connectivity index (χ1v) is 6.37. The van der Waals surface area contributed by atoms with Gasteiger partial charge < -0.3 is 10.2 Å². The van der Waals surface area contributed by atoms with Gasteiger partial charge in [-0.15, -0.1) is 0 Å². The van der Waals surface area contributed by atoms with Gasteiger partial charge in [-0.25, -0.2) is 9.97 Å². The summed E-state index contributed by atoms with van der Waals surface area (Å²) < 4.78 is 0. The van der Waals surface area contributed by atoms with Crippen molar-refractivity contribution in [1.82, 2.24) is 9.97 Å². The molecule has 0 saturated heterocycles. The molecule has 15 heavy (non-hydrogen) atoms. The molecule has 4 nitrogen and oxygen atoms in total. The summed E-state index contributed by atoms with van der Waals surface area (Å²) in [5.41, 5.74) is 0.530. The highest BCUT2D eigenvalue weighted by Gasteiger charge is 2.18. The molecule has 6 heteroatoms. The molecule has 0 aliphatic heterocycles. The molecule has 0 aliphatic carbocycles. The smallest absolute Gasteiger partial charge is 0.187 e. The van der Waals surface area contributed by atoms with Crippen LogP contribution >= 0.6 is 24.4 Å². The SMILES string of the molecule is CSc1ncc(C(O)C(O)CCS)cn1. The first kappa shape index (κ1) is 12.8. The van der Waals surface area contributed by atoms with Crippen LogP contribution in [0.5, 0.6) is 0 Å². The molecule has 0 saturated carbocycles. The van der Waals surface area contributed by atoms with E-state index >= 15 is 0 Å². The maximum absolute atomic E-state index is 9.71. The number of rotatable bonds is 5. The monoisotopic (exact) mass is 246 g/mol. The van der Waals surface area contributed by atoms with E-state index in [1.165, 1.54) is 24.2 Å². The van der Waals surface area contributed by atoms with Crippen LogP contribution in [0.4, 0.5) is 0 Å². The Kier molecular flexibility index (Phi) is 5.38. The van der Waals surface area contributed by atoms with Gasteiger partial charge >= 0.3 is 0 Å². The second kappa shape index (κ2) is 6.32. The van der Waals surface area contributed by atoms with Crippen molar-refractivity contribution in [3.8, 4) is 0 Å². The molecule has 1 aromatic heterocycles. The Hall–Kier alpha value is -0.300. The lowest BCUT2D eigenvalue weighted by Gasteiger charge is -2.16. The first-order valence-electron chi connectivity index (χ1n) is 4.52. The quantitative estimate of drug-likeness (QED) is 0.409. The Balaban J connectivity index is 2.69. The zero-order chi connectivity index (χ0) is 11.3. The number of hydrogen-bond acceptors (Lipinski definition) is 6. The molecule has 1 aromatic rings. The number of hydrogen-bond donors (Lipinski definition) is 3. The second-order valence-corrected chi connectivity index (χ2v) is 4.25. The Morgan fingerprint density at radius 3 is 2.47 bits per heavy atom. The van der Waals surface area contributed by atoms with Crippen molar-refractivity contribution >= 4 is 24.4 Å². The van der Waals surface area contributed by atoms with Crippen molar-refractivity contribution in [3.63, 3.8) is 0 Å². The normalized spacial score (nSPS) is 14.9. The Bertz CT molecular complexity index is 295. The first-order chi connectivity index (χ1) is 7.19. The highest BCUT2D eigenvalue weighted by atomic mass is 32.2. The van der Waals surface area contributed by atoms with E-state index in [1.54, 1.807) is 0 Å². The Labute approximate surface area is 98.6 Å². The van der Waals surface area contributed by atoms with Gasteiger partial charge in [-0.1, -0.05) is 11.8 Å². The fourth-order valence-corrected chi connectivity index (χ4v) is 1.68. The van der Waals surface area contributed by atoms with E-state index in [2.05, 4.69) is 22.6 Å². The summed E-state index contributed by atoms with van der Waals surface area (Å²) in [5.74, 6) is 0.530. The minimum absolute atomic E-state index is 0.439. The molecular weight excluding hydrogens is 232 g/mol. The molecule has 2 atom stereocenters. The van der Waals surface area contributed by atoms with Crippen LogP contribution in [0.1, 0.15) is 18.1 Å². The molecule has 1 heterocycles. The van der Waals surface area contributed by atoms with Crippen molar-refractivity contribution in [1.29, 1.82) is 0 Å². The Morgan fingerprint density at radius 2 is 2.00 bits per heavy atom. The van der Waals surface area contributed by atoms with E-state index in [9.17, 15) is 10.2 Å². The zero-order valence-electron chi connectivity index (χ0n) is 8.37. The average molecular weight is 246 g/mol. The number of thioether (sulfide) groups is 1. The van der Waals surface area contributed by atoms with E-state index in [0.717, 1.165) is 0 Å². The number of aliphatic hydroxyl groups excluding tert-OH is 2. The van der Waals surface area contributed by atoms with Gasteiger partial charge in [0.2, 0.25) is 0 Å². The lowest BCUT2D eigenvalue weighted by molar-refractivity contribution is 0.0167. The van der Waals surface area contributed by atoms with Gasteiger partial charge in [0.15, 0.2) is 5.16 Å². The van der Waals surface area contributed by atoms with Crippen LogP contribution in [-0.2, 0) is 0 Å². The lowest BCUT2D eigenvalue weighted by atomic mass is 10.1. The summed E-state index contributed by atoms with van der Waals surface area (Å²) >= 11 is 5.42. The zero-order valence-corrected chi connectivity index (χ0v) is 10.1. The van der Waals surface area contributed by atoms with Crippen molar-refractivity contribution in [3.05, 3.63) is 18.0 Å². The van der Waals surface area contributed by atoms with Gasteiger partial charge in [0, 0.05) is 18.0 Å². The largest absolute Gasteiger partial charge is 0.390 e. The van der Waals surface area contributed by atoms with Gasteiger partial charge in [0.1, 0.15) is 6.10 Å². The molecule has 2 unspecified atom stereocenters. The standard InChI is InChI=1S/C9H14N2O2S2/c1-15-9-10-4-6(5-11-9)8(13)7(12)2-3-14/h4-5,7-8,12-14H,2-3H2,1H3. The van der Waals surface area contributed by atoms with Crippen LogP contribution in [0, 0.1) is 0 Å². The van der Waals surface area contributed by atoms with Crippen LogP contribution < -0.4 is 0 Å². The molecular formula is C9H14N2O2S2. The maximum atomic E-state index is 9.71. The fraction of sp³-hybridized carbons (Fsp3) is 0.556. The summed E-state index contributed by atoms with van der Waals surface area (Å²) in [6.45, 7) is 0. The fourth-order valence-electron chi connectivity index (χ4n) is 1.10. The number of thiol groups is 1. The topological polar surface area (TPSA) is 66.2 Å². The molecule has 0 fully saturated rings. The summed E-state index contributed by atoms with van der Waals surface area (Å²) in [5, 5.41) is 19.9. The summed E-state index contributed by atoms with van der Waals surface area (Å²) in [6.07, 6.45) is 3.63. The molecule has 0 bridgehead atoms. The second-order valence-electron chi connectivity index (χ2n) is 3.03. The van der Waals surface area contributed by atoms with Gasteiger partial charge in [0.25, 0.3) is 0 Å². The van der Waals surface area contributed by atoms with Gasteiger partial charge in [-0.2, -0.15) is 12.6 Å². The number of aromatic nitrogens is 2. The lowest BCUT2D eigenvalue weighted by Crippen LogP contribution is -2.19. The summed E-state index contributed by atoms with van der Waals surface area (Å²) in [4.78, 5) is 8.04. The highest BCUT2D eigenvalue weighted by Crippen LogP contribution is 2.18. The van der Waals surface area contributed by atoms with E-state index in [4.69, 9.17) is 0 Å². The minimum Gasteiger partial charge on any atom is -0.390 e. The van der Waals surface area contributed by atoms with E-state index < -0.39 is 12.2 Å². The highest BCUT2D eigenvalue weighted by molar-refractivity contribution is 7.98. The molecule has 0 aliphatic rings. The van der Waals surface area contributed by atoms with Crippen LogP contribution in [-0.4, -0.2) is 38.3 Å². The maximum Gasteiger partial charge on any atom is 0.187 e. The third-order valence-corrected chi connectivity index (χ3v) is 2.80. The third kappa shape index (κ3) is 3.64. The average Bonchev–Trinajstić information content (AvgIpc) is 2.28.